The Morgan fingerprint density at radius 3 is 2.76 bits per heavy atom. The number of fused-ring (bicyclic) bond motifs is 6. The lowest BCUT2D eigenvalue weighted by atomic mass is 9.52. The number of nitrogens with one attached hydrogen (secondary N) is 1. The molecule has 206 valence electrons. The van der Waals surface area contributed by atoms with Gasteiger partial charge in [-0.1, -0.05) is 31.9 Å². The molecule has 37 heavy (non-hydrogen) atoms. The van der Waals surface area contributed by atoms with Gasteiger partial charge in [-0.25, -0.2) is 0 Å². The minimum absolute atomic E-state index is 0.0407. The van der Waals surface area contributed by atoms with Gasteiger partial charge in [-0.3, -0.25) is 14.5 Å². The molecule has 5 fully saturated rings. The van der Waals surface area contributed by atoms with E-state index >= 15 is 0 Å². The molecule has 0 radical (unpaired) electrons. The first-order chi connectivity index (χ1) is 17.6. The van der Waals surface area contributed by atoms with Gasteiger partial charge >= 0.3 is 0 Å². The first-order valence-corrected chi connectivity index (χ1v) is 15.5. The lowest BCUT2D eigenvalue weighted by Crippen LogP contribution is -2.53. The van der Waals surface area contributed by atoms with E-state index in [9.17, 15) is 9.59 Å². The summed E-state index contributed by atoms with van der Waals surface area (Å²) in [7, 11) is 0. The van der Waals surface area contributed by atoms with Crippen LogP contribution in [-0.4, -0.2) is 54.0 Å². The van der Waals surface area contributed by atoms with Crippen molar-refractivity contribution in [1.82, 2.24) is 10.2 Å². The summed E-state index contributed by atoms with van der Waals surface area (Å²) in [6.07, 6.45) is 11.7. The maximum absolute atomic E-state index is 12.3. The van der Waals surface area contributed by atoms with Crippen LogP contribution in [0.25, 0.3) is 0 Å². The van der Waals surface area contributed by atoms with E-state index in [1.165, 1.54) is 32.1 Å². The van der Waals surface area contributed by atoms with Gasteiger partial charge in [-0.05, 0) is 93.3 Å². The second kappa shape index (κ2) is 9.47. The lowest BCUT2D eigenvalue weighted by molar-refractivity contribution is -0.130. The molecule has 6 rings (SSSR count). The normalized spacial score (nSPS) is 47.8. The predicted octanol–water partition coefficient (Wildman–Crippen LogP) is 5.53. The second-order valence-electron chi connectivity index (χ2n) is 14.4. The molecule has 0 aromatic carbocycles. The summed E-state index contributed by atoms with van der Waals surface area (Å²) >= 11 is 0. The molecule has 1 unspecified atom stereocenters. The minimum Gasteiger partial charge on any atom is -0.369 e. The first kappa shape index (κ1) is 26.0. The van der Waals surface area contributed by atoms with E-state index in [2.05, 4.69) is 37.9 Å². The molecule has 1 spiro atoms. The highest BCUT2D eigenvalue weighted by atomic mass is 16.5. The fraction of sp³-hybridized carbons (Fsp3) is 0.875. The van der Waals surface area contributed by atoms with Gasteiger partial charge < -0.3 is 10.1 Å². The molecular formula is C32H50N2O3. The number of nitrogens with zero attached hydrogens (tertiary/aromatic N) is 1. The maximum Gasteiger partial charge on any atom is 0.216 e. The van der Waals surface area contributed by atoms with Gasteiger partial charge in [0, 0.05) is 51.4 Å². The molecule has 4 aliphatic carbocycles. The third-order valence-corrected chi connectivity index (χ3v) is 12.4. The number of Topliss-reactive ketones (excluding diaryl/α,β-unsaturated/α-hetero) is 1. The highest BCUT2D eigenvalue weighted by Gasteiger charge is 2.60. The molecule has 1 N–H and O–H groups in total. The van der Waals surface area contributed by atoms with Crippen LogP contribution in [0.4, 0.5) is 0 Å². The van der Waals surface area contributed by atoms with Gasteiger partial charge in [-0.15, -0.1) is 0 Å². The number of rotatable bonds is 3. The molecule has 6 aliphatic rings. The van der Waals surface area contributed by atoms with Crippen LogP contribution in [0.2, 0.25) is 0 Å². The molecule has 5 heteroatoms. The van der Waals surface area contributed by atoms with Crippen LogP contribution < -0.4 is 5.32 Å². The predicted molar refractivity (Wildman–Crippen MR) is 146 cm³/mol. The average molecular weight is 511 g/mol. The van der Waals surface area contributed by atoms with Crippen LogP contribution in [0.3, 0.4) is 0 Å². The Hall–Kier alpha value is -1.20. The van der Waals surface area contributed by atoms with Gasteiger partial charge in [0.25, 0.3) is 0 Å². The zero-order valence-corrected chi connectivity index (χ0v) is 24.0. The Kier molecular flexibility index (Phi) is 6.66. The molecule has 0 bridgehead atoms. The van der Waals surface area contributed by atoms with Crippen molar-refractivity contribution in [3.63, 3.8) is 0 Å². The zero-order valence-electron chi connectivity index (χ0n) is 24.0. The first-order valence-electron chi connectivity index (χ1n) is 15.5. The Balaban J connectivity index is 1.23. The Labute approximate surface area is 224 Å². The fourth-order valence-electron chi connectivity index (χ4n) is 10.6. The van der Waals surface area contributed by atoms with Gasteiger partial charge in [0.1, 0.15) is 5.78 Å². The van der Waals surface area contributed by atoms with Crippen LogP contribution >= 0.6 is 0 Å². The summed E-state index contributed by atoms with van der Waals surface area (Å²) in [5.41, 5.74) is 3.74. The molecular weight excluding hydrogens is 460 g/mol. The van der Waals surface area contributed by atoms with Crippen LogP contribution in [0, 0.1) is 40.9 Å². The summed E-state index contributed by atoms with van der Waals surface area (Å²) in [4.78, 5) is 26.4. The SMILES string of the molecule is CC(=O)NCCN1C[C@@H](C)C[C@H]2O[C@]3(CC[C@@H]4C(=C(C)C3)C[C@H]3[C@H]4CCC4CC(=O)CC[C@@]43C)[C@H](C)[C@@H]21. The summed E-state index contributed by atoms with van der Waals surface area (Å²) in [6, 6.07) is 0.461. The van der Waals surface area contributed by atoms with Crippen molar-refractivity contribution < 1.29 is 14.3 Å². The summed E-state index contributed by atoms with van der Waals surface area (Å²) in [5.74, 6) is 4.65. The van der Waals surface area contributed by atoms with Crippen molar-refractivity contribution in [3.8, 4) is 0 Å². The largest absolute Gasteiger partial charge is 0.369 e. The summed E-state index contributed by atoms with van der Waals surface area (Å²) in [6.45, 7) is 14.2. The number of ketones is 1. The zero-order chi connectivity index (χ0) is 26.1. The number of hydrogen-bond donors (Lipinski definition) is 1. The van der Waals surface area contributed by atoms with E-state index < -0.39 is 0 Å². The third-order valence-electron chi connectivity index (χ3n) is 12.4. The number of carbonyl (C=O) groups excluding carboxylic acids is 2. The Bertz CT molecular complexity index is 975. The Morgan fingerprint density at radius 2 is 1.97 bits per heavy atom. The molecule has 0 aromatic heterocycles. The number of piperidine rings is 1. The van der Waals surface area contributed by atoms with E-state index in [4.69, 9.17) is 4.74 Å². The number of likely N-dealkylation sites (tertiary alicyclic amines) is 1. The van der Waals surface area contributed by atoms with Crippen molar-refractivity contribution in [2.75, 3.05) is 19.6 Å². The smallest absolute Gasteiger partial charge is 0.216 e. The molecule has 5 nitrogen and oxygen atoms in total. The van der Waals surface area contributed by atoms with Crippen molar-refractivity contribution in [2.24, 2.45) is 40.9 Å². The van der Waals surface area contributed by atoms with Crippen molar-refractivity contribution >= 4 is 11.7 Å². The molecule has 3 saturated carbocycles. The number of amides is 1. The topological polar surface area (TPSA) is 58.6 Å². The average Bonchev–Trinajstić information content (AvgIpc) is 3.29. The summed E-state index contributed by atoms with van der Waals surface area (Å²) < 4.78 is 7.20. The van der Waals surface area contributed by atoms with Crippen LogP contribution in [0.15, 0.2) is 11.1 Å². The fourth-order valence-corrected chi connectivity index (χ4v) is 10.6. The molecule has 0 aromatic rings. The van der Waals surface area contributed by atoms with Crippen LogP contribution in [-0.2, 0) is 14.3 Å². The molecule has 2 heterocycles. The molecule has 2 saturated heterocycles. The van der Waals surface area contributed by atoms with E-state index in [-0.39, 0.29) is 11.5 Å². The molecule has 1 amide bonds. The van der Waals surface area contributed by atoms with E-state index in [1.807, 2.05) is 0 Å². The quantitative estimate of drug-likeness (QED) is 0.507. The van der Waals surface area contributed by atoms with Crippen LogP contribution in [0.5, 0.6) is 0 Å². The number of hydrogen-bond acceptors (Lipinski definition) is 4. The molecule has 2 aliphatic heterocycles. The van der Waals surface area contributed by atoms with E-state index in [0.29, 0.717) is 41.1 Å². The highest BCUT2D eigenvalue weighted by molar-refractivity contribution is 5.79. The van der Waals surface area contributed by atoms with Crippen molar-refractivity contribution in [1.29, 1.82) is 0 Å². The Morgan fingerprint density at radius 1 is 1.16 bits per heavy atom. The van der Waals surface area contributed by atoms with Crippen LogP contribution in [0.1, 0.15) is 98.8 Å². The van der Waals surface area contributed by atoms with Gasteiger partial charge in [0.15, 0.2) is 0 Å². The highest BCUT2D eigenvalue weighted by Crippen LogP contribution is 2.65. The van der Waals surface area contributed by atoms with Gasteiger partial charge in [0.05, 0.1) is 11.7 Å². The van der Waals surface area contributed by atoms with Gasteiger partial charge in [0.2, 0.25) is 5.91 Å². The lowest BCUT2D eigenvalue weighted by Gasteiger charge is -2.52. The maximum atomic E-state index is 12.3. The number of carbonyl (C=O) groups is 2. The number of ether oxygens (including phenoxy) is 1. The molecule has 10 atom stereocenters. The summed E-state index contributed by atoms with van der Waals surface area (Å²) in [5, 5.41) is 3.02. The third kappa shape index (κ3) is 4.26. The van der Waals surface area contributed by atoms with Gasteiger partial charge in [-0.2, -0.15) is 0 Å². The minimum atomic E-state index is -0.0407. The van der Waals surface area contributed by atoms with Crippen molar-refractivity contribution in [3.05, 3.63) is 11.1 Å². The number of allylic oxidation sites excluding steroid dienone is 1. The van der Waals surface area contributed by atoms with E-state index in [1.54, 1.807) is 18.1 Å². The van der Waals surface area contributed by atoms with E-state index in [0.717, 1.165) is 69.5 Å². The second-order valence-corrected chi connectivity index (χ2v) is 14.4. The monoisotopic (exact) mass is 510 g/mol. The standard InChI is InChI=1S/C32H50N2O3/c1-19-14-29-30(34(18-19)13-12-33-22(4)35)21(3)32(37-29)11-9-25-26-7-6-23-15-24(36)8-10-31(23,5)28(26)16-27(25)20(2)17-32/h19,21,23,25-26,28-30H,6-18H2,1-5H3,(H,33,35)/t19-,21+,23?,25-,26-,28-,29+,30-,31-,32-/m0/s1. The van der Waals surface area contributed by atoms with Crippen molar-refractivity contribution in [2.45, 2.75) is 117 Å².